The molecule has 1 saturated heterocycles. The van der Waals surface area contributed by atoms with E-state index in [1.165, 1.54) is 7.11 Å². The van der Waals surface area contributed by atoms with E-state index < -0.39 is 10.0 Å². The lowest BCUT2D eigenvalue weighted by molar-refractivity contribution is 0.0787. The topological polar surface area (TPSA) is 125 Å². The summed E-state index contributed by atoms with van der Waals surface area (Å²) < 4.78 is 33.1. The quantitative estimate of drug-likeness (QED) is 0.695. The number of nitrogens with zero attached hydrogens (tertiary/aromatic N) is 1. The van der Waals surface area contributed by atoms with Crippen LogP contribution in [0.3, 0.4) is 0 Å². The second kappa shape index (κ2) is 7.82. The highest BCUT2D eigenvalue weighted by Gasteiger charge is 2.29. The highest BCUT2D eigenvalue weighted by atomic mass is 32.2. The maximum atomic E-state index is 12.6. The predicted molar refractivity (Wildman–Crippen MR) is 89.5 cm³/mol. The Bertz CT molecular complexity index is 692. The lowest BCUT2D eigenvalue weighted by Gasteiger charge is -2.18. The van der Waals surface area contributed by atoms with Crippen LogP contribution in [0.2, 0.25) is 0 Å². The average Bonchev–Trinajstić information content (AvgIpc) is 2.98. The van der Waals surface area contributed by atoms with Crippen LogP contribution in [0.1, 0.15) is 16.8 Å². The number of ether oxygens (including phenoxy) is 2. The van der Waals surface area contributed by atoms with Crippen molar-refractivity contribution in [1.29, 1.82) is 0 Å². The number of benzene rings is 1. The molecule has 4 N–H and O–H groups in total. The molecule has 0 bridgehead atoms. The van der Waals surface area contributed by atoms with Crippen molar-refractivity contribution in [1.82, 2.24) is 4.90 Å². The summed E-state index contributed by atoms with van der Waals surface area (Å²) in [4.78, 5) is 14.2. The molecule has 1 amide bonds. The molecule has 1 heterocycles. The van der Waals surface area contributed by atoms with Crippen molar-refractivity contribution < 1.29 is 22.7 Å². The first-order valence-electron chi connectivity index (χ1n) is 7.64. The van der Waals surface area contributed by atoms with Gasteiger partial charge >= 0.3 is 0 Å². The molecule has 134 valence electrons. The van der Waals surface area contributed by atoms with Crippen molar-refractivity contribution in [3.63, 3.8) is 0 Å². The molecule has 1 aliphatic heterocycles. The number of nitrogens with two attached hydrogens (primary N) is 2. The maximum absolute atomic E-state index is 12.6. The van der Waals surface area contributed by atoms with Crippen molar-refractivity contribution in [2.45, 2.75) is 6.42 Å². The van der Waals surface area contributed by atoms with Gasteiger partial charge in [0, 0.05) is 25.2 Å². The third-order valence-corrected chi connectivity index (χ3v) is 4.76. The number of amides is 1. The zero-order valence-electron chi connectivity index (χ0n) is 13.6. The molecule has 1 fully saturated rings. The van der Waals surface area contributed by atoms with E-state index in [0.717, 1.165) is 0 Å². The fourth-order valence-electron chi connectivity index (χ4n) is 2.76. The predicted octanol–water partition coefficient (Wildman–Crippen LogP) is -0.217. The van der Waals surface area contributed by atoms with E-state index in [-0.39, 0.29) is 17.6 Å². The van der Waals surface area contributed by atoms with Crippen LogP contribution in [0.5, 0.6) is 11.5 Å². The van der Waals surface area contributed by atoms with Crippen molar-refractivity contribution in [2.24, 2.45) is 16.8 Å². The molecule has 0 radical (unpaired) electrons. The molecular weight excluding hydrogens is 334 g/mol. The first kappa shape index (κ1) is 18.5. The van der Waals surface area contributed by atoms with Gasteiger partial charge in [0.1, 0.15) is 6.61 Å². The monoisotopic (exact) mass is 357 g/mol. The Labute approximate surface area is 141 Å². The van der Waals surface area contributed by atoms with Gasteiger partial charge in [0.15, 0.2) is 11.5 Å². The van der Waals surface area contributed by atoms with Crippen molar-refractivity contribution in [3.05, 3.63) is 23.8 Å². The Morgan fingerprint density at radius 3 is 2.75 bits per heavy atom. The summed E-state index contributed by atoms with van der Waals surface area (Å²) in [7, 11) is -2.02. The lowest BCUT2D eigenvalue weighted by atomic mass is 10.1. The number of hydrogen-bond acceptors (Lipinski definition) is 6. The SMILES string of the molecule is COc1ccc(C(=O)N2CC[C@@H](CS(N)(=O)=O)C2)cc1OCCN. The Morgan fingerprint density at radius 2 is 2.12 bits per heavy atom. The number of likely N-dealkylation sites (tertiary alicyclic amines) is 1. The number of rotatable bonds is 7. The molecule has 0 aliphatic carbocycles. The highest BCUT2D eigenvalue weighted by molar-refractivity contribution is 7.89. The van der Waals surface area contributed by atoms with Crippen LogP contribution in [0.15, 0.2) is 18.2 Å². The van der Waals surface area contributed by atoms with Gasteiger partial charge in [-0.2, -0.15) is 0 Å². The Balaban J connectivity index is 2.09. The number of hydrogen-bond donors (Lipinski definition) is 2. The average molecular weight is 357 g/mol. The van der Waals surface area contributed by atoms with Gasteiger partial charge in [0.25, 0.3) is 5.91 Å². The lowest BCUT2D eigenvalue weighted by Crippen LogP contribution is -2.30. The van der Waals surface area contributed by atoms with Gasteiger partial charge in [-0.25, -0.2) is 13.6 Å². The van der Waals surface area contributed by atoms with Gasteiger partial charge in [-0.1, -0.05) is 0 Å². The van der Waals surface area contributed by atoms with Gasteiger partial charge in [-0.3, -0.25) is 4.79 Å². The second-order valence-electron chi connectivity index (χ2n) is 5.74. The van der Waals surface area contributed by atoms with Gasteiger partial charge in [-0.15, -0.1) is 0 Å². The Kier molecular flexibility index (Phi) is 6.03. The van der Waals surface area contributed by atoms with E-state index in [1.54, 1.807) is 23.1 Å². The van der Waals surface area contributed by atoms with E-state index in [0.29, 0.717) is 49.7 Å². The summed E-state index contributed by atoms with van der Waals surface area (Å²) in [6.45, 7) is 1.54. The van der Waals surface area contributed by atoms with Crippen LogP contribution < -0.4 is 20.3 Å². The van der Waals surface area contributed by atoms with Crippen LogP contribution in [-0.2, 0) is 10.0 Å². The molecule has 0 unspecified atom stereocenters. The third kappa shape index (κ3) is 4.83. The van der Waals surface area contributed by atoms with E-state index in [9.17, 15) is 13.2 Å². The molecule has 0 aromatic heterocycles. The summed E-state index contributed by atoms with van der Waals surface area (Å²) in [6, 6.07) is 4.93. The molecule has 9 heteroatoms. The molecular formula is C15H23N3O5S. The van der Waals surface area contributed by atoms with Crippen LogP contribution in [-0.4, -0.2) is 58.3 Å². The minimum Gasteiger partial charge on any atom is -0.493 e. The number of carbonyl (C=O) groups is 1. The zero-order chi connectivity index (χ0) is 17.7. The molecule has 2 rings (SSSR count). The summed E-state index contributed by atoms with van der Waals surface area (Å²) in [5, 5.41) is 5.07. The molecule has 0 spiro atoms. The van der Waals surface area contributed by atoms with Gasteiger partial charge < -0.3 is 20.1 Å². The Hall–Kier alpha value is -1.84. The molecule has 1 atom stereocenters. The van der Waals surface area contributed by atoms with E-state index in [4.69, 9.17) is 20.3 Å². The van der Waals surface area contributed by atoms with Crippen LogP contribution in [0, 0.1) is 5.92 Å². The van der Waals surface area contributed by atoms with Crippen molar-refractivity contribution >= 4 is 15.9 Å². The molecule has 0 saturated carbocycles. The zero-order valence-corrected chi connectivity index (χ0v) is 14.4. The smallest absolute Gasteiger partial charge is 0.254 e. The minimum atomic E-state index is -3.53. The van der Waals surface area contributed by atoms with E-state index >= 15 is 0 Å². The van der Waals surface area contributed by atoms with Gasteiger partial charge in [-0.05, 0) is 30.5 Å². The first-order valence-corrected chi connectivity index (χ1v) is 9.36. The standard InChI is InChI=1S/C15H23N3O5S/c1-22-13-3-2-12(8-14(13)23-7-5-16)15(19)18-6-4-11(9-18)10-24(17,20)21/h2-3,8,11H,4-7,9-10,16H2,1H3,(H2,17,20,21)/t11-/m1/s1. The highest BCUT2D eigenvalue weighted by Crippen LogP contribution is 2.29. The summed E-state index contributed by atoms with van der Waals surface area (Å²) in [5.41, 5.74) is 5.89. The van der Waals surface area contributed by atoms with Crippen LogP contribution >= 0.6 is 0 Å². The number of primary sulfonamides is 1. The number of carbonyl (C=O) groups excluding carboxylic acids is 1. The van der Waals surface area contributed by atoms with Crippen molar-refractivity contribution in [3.8, 4) is 11.5 Å². The molecule has 1 aromatic carbocycles. The number of methoxy groups -OCH3 is 1. The summed E-state index contributed by atoms with van der Waals surface area (Å²) in [5.74, 6) is 0.564. The fourth-order valence-corrected chi connectivity index (χ4v) is 3.68. The second-order valence-corrected chi connectivity index (χ2v) is 7.40. The molecule has 1 aliphatic rings. The van der Waals surface area contributed by atoms with E-state index in [2.05, 4.69) is 0 Å². The fraction of sp³-hybridized carbons (Fsp3) is 0.533. The van der Waals surface area contributed by atoms with E-state index in [1.807, 2.05) is 0 Å². The van der Waals surface area contributed by atoms with Crippen LogP contribution in [0.25, 0.3) is 0 Å². The largest absolute Gasteiger partial charge is 0.493 e. The maximum Gasteiger partial charge on any atom is 0.254 e. The number of sulfonamides is 1. The van der Waals surface area contributed by atoms with Crippen LogP contribution in [0.4, 0.5) is 0 Å². The summed E-state index contributed by atoms with van der Waals surface area (Å²) in [6.07, 6.45) is 0.620. The molecule has 8 nitrogen and oxygen atoms in total. The summed E-state index contributed by atoms with van der Waals surface area (Å²) >= 11 is 0. The normalized spacial score (nSPS) is 17.8. The van der Waals surface area contributed by atoms with Gasteiger partial charge in [0.2, 0.25) is 10.0 Å². The van der Waals surface area contributed by atoms with Crippen molar-refractivity contribution in [2.75, 3.05) is 39.1 Å². The Morgan fingerprint density at radius 1 is 1.38 bits per heavy atom. The first-order chi connectivity index (χ1) is 11.3. The third-order valence-electron chi connectivity index (χ3n) is 3.83. The minimum absolute atomic E-state index is 0.107. The van der Waals surface area contributed by atoms with Gasteiger partial charge in [0.05, 0.1) is 12.9 Å². The molecule has 1 aromatic rings. The molecule has 24 heavy (non-hydrogen) atoms.